The van der Waals surface area contributed by atoms with E-state index in [1.54, 1.807) is 0 Å². The van der Waals surface area contributed by atoms with Crippen molar-refractivity contribution < 1.29 is 4.74 Å². The smallest absolute Gasteiger partial charge is 0.323 e. The molecule has 1 aromatic rings. The zero-order chi connectivity index (χ0) is 13.1. The van der Waals surface area contributed by atoms with Crippen LogP contribution in [0.15, 0.2) is 0 Å². The highest BCUT2D eigenvalue weighted by Gasteiger charge is 2.17. The topological polar surface area (TPSA) is 63.2 Å². The first kappa shape index (κ1) is 13.7. The van der Waals surface area contributed by atoms with Crippen LogP contribution in [0.1, 0.15) is 6.92 Å². The van der Waals surface area contributed by atoms with E-state index in [0.717, 1.165) is 0 Å². The SMILES string of the molecule is CCOc1nc(N[Si](C)(C)C)nc(N(C)C)n1. The van der Waals surface area contributed by atoms with Gasteiger partial charge in [0.15, 0.2) is 0 Å². The largest absolute Gasteiger partial charge is 0.464 e. The minimum atomic E-state index is -1.48. The second kappa shape index (κ2) is 5.31. The number of nitrogens with zero attached hydrogens (tertiary/aromatic N) is 4. The maximum absolute atomic E-state index is 5.34. The van der Waals surface area contributed by atoms with E-state index in [0.29, 0.717) is 24.5 Å². The second-order valence-corrected chi connectivity index (χ2v) is 9.69. The lowest BCUT2D eigenvalue weighted by Gasteiger charge is -2.19. The van der Waals surface area contributed by atoms with E-state index in [-0.39, 0.29) is 0 Å². The minimum absolute atomic E-state index is 0.368. The van der Waals surface area contributed by atoms with Crippen LogP contribution < -0.4 is 14.6 Å². The molecule has 0 aliphatic rings. The van der Waals surface area contributed by atoms with Crippen molar-refractivity contribution in [2.24, 2.45) is 0 Å². The van der Waals surface area contributed by atoms with Gasteiger partial charge in [-0.2, -0.15) is 15.0 Å². The van der Waals surface area contributed by atoms with Gasteiger partial charge in [0.2, 0.25) is 11.9 Å². The first-order valence-electron chi connectivity index (χ1n) is 5.66. The van der Waals surface area contributed by atoms with Crippen LogP contribution in [0.25, 0.3) is 0 Å². The van der Waals surface area contributed by atoms with Gasteiger partial charge in [0.25, 0.3) is 0 Å². The Bertz CT molecular complexity index is 377. The van der Waals surface area contributed by atoms with Crippen LogP contribution in [0.4, 0.5) is 11.9 Å². The van der Waals surface area contributed by atoms with Gasteiger partial charge < -0.3 is 14.6 Å². The van der Waals surface area contributed by atoms with Gasteiger partial charge in [-0.05, 0) is 6.92 Å². The molecule has 0 atom stereocenters. The van der Waals surface area contributed by atoms with Crippen LogP contribution in [0.2, 0.25) is 19.6 Å². The van der Waals surface area contributed by atoms with Crippen molar-refractivity contribution >= 4 is 20.1 Å². The summed E-state index contributed by atoms with van der Waals surface area (Å²) >= 11 is 0. The van der Waals surface area contributed by atoms with E-state index in [2.05, 4.69) is 39.6 Å². The number of rotatable bonds is 5. The van der Waals surface area contributed by atoms with Gasteiger partial charge in [0.05, 0.1) is 6.61 Å². The van der Waals surface area contributed by atoms with Crippen molar-refractivity contribution in [3.63, 3.8) is 0 Å². The van der Waals surface area contributed by atoms with Gasteiger partial charge in [-0.3, -0.25) is 0 Å². The molecule has 1 rings (SSSR count). The Morgan fingerprint density at radius 1 is 1.18 bits per heavy atom. The van der Waals surface area contributed by atoms with E-state index >= 15 is 0 Å². The van der Waals surface area contributed by atoms with E-state index in [9.17, 15) is 0 Å². The Hall–Kier alpha value is -1.37. The van der Waals surface area contributed by atoms with Crippen LogP contribution >= 0.6 is 0 Å². The van der Waals surface area contributed by atoms with Crippen molar-refractivity contribution in [1.82, 2.24) is 15.0 Å². The predicted molar refractivity (Wildman–Crippen MR) is 72.3 cm³/mol. The molecule has 1 heterocycles. The molecule has 0 aliphatic heterocycles. The summed E-state index contributed by atoms with van der Waals surface area (Å²) in [5, 5.41) is 0. The zero-order valence-electron chi connectivity index (χ0n) is 11.4. The number of hydrogen-bond acceptors (Lipinski definition) is 6. The molecule has 1 N–H and O–H groups in total. The Morgan fingerprint density at radius 2 is 1.82 bits per heavy atom. The molecular formula is C10H21N5OSi. The van der Waals surface area contributed by atoms with Crippen LogP contribution in [0, 0.1) is 0 Å². The fraction of sp³-hybridized carbons (Fsp3) is 0.700. The summed E-state index contributed by atoms with van der Waals surface area (Å²) in [5.41, 5.74) is 0. The molecule has 0 fully saturated rings. The lowest BCUT2D eigenvalue weighted by Crippen LogP contribution is -2.33. The van der Waals surface area contributed by atoms with E-state index in [1.165, 1.54) is 0 Å². The molecule has 0 spiro atoms. The van der Waals surface area contributed by atoms with Crippen LogP contribution in [0.5, 0.6) is 6.01 Å². The van der Waals surface area contributed by atoms with Crippen molar-refractivity contribution in [3.05, 3.63) is 0 Å². The van der Waals surface area contributed by atoms with Gasteiger partial charge in [-0.25, -0.2) is 0 Å². The molecule has 7 heteroatoms. The molecular weight excluding hydrogens is 234 g/mol. The third-order valence-electron chi connectivity index (χ3n) is 1.76. The summed E-state index contributed by atoms with van der Waals surface area (Å²) in [6.07, 6.45) is 0. The molecule has 0 saturated heterocycles. The molecule has 0 saturated carbocycles. The summed E-state index contributed by atoms with van der Waals surface area (Å²) in [5.74, 6) is 1.19. The van der Waals surface area contributed by atoms with E-state index in [4.69, 9.17) is 4.74 Å². The van der Waals surface area contributed by atoms with Crippen LogP contribution in [-0.2, 0) is 0 Å². The van der Waals surface area contributed by atoms with Gasteiger partial charge in [0.1, 0.15) is 8.24 Å². The van der Waals surface area contributed by atoms with Gasteiger partial charge in [-0.15, -0.1) is 0 Å². The van der Waals surface area contributed by atoms with Crippen molar-refractivity contribution in [1.29, 1.82) is 0 Å². The summed E-state index contributed by atoms with van der Waals surface area (Å²) in [4.78, 5) is 18.0. The first-order valence-corrected chi connectivity index (χ1v) is 9.16. The Morgan fingerprint density at radius 3 is 2.29 bits per heavy atom. The molecule has 0 aliphatic carbocycles. The number of hydrogen-bond donors (Lipinski definition) is 1. The fourth-order valence-corrected chi connectivity index (χ4v) is 1.91. The van der Waals surface area contributed by atoms with Crippen LogP contribution in [-0.4, -0.2) is 43.9 Å². The Kier molecular flexibility index (Phi) is 4.27. The quantitative estimate of drug-likeness (QED) is 0.806. The predicted octanol–water partition coefficient (Wildman–Crippen LogP) is 1.58. The monoisotopic (exact) mass is 255 g/mol. The highest BCUT2D eigenvalue weighted by Crippen LogP contribution is 2.15. The maximum Gasteiger partial charge on any atom is 0.323 e. The number of aromatic nitrogens is 3. The fourth-order valence-electron chi connectivity index (χ4n) is 1.13. The molecule has 6 nitrogen and oxygen atoms in total. The average molecular weight is 255 g/mol. The number of nitrogens with one attached hydrogen (secondary N) is 1. The lowest BCUT2D eigenvalue weighted by atomic mass is 10.8. The second-order valence-electron chi connectivity index (χ2n) is 4.94. The van der Waals surface area contributed by atoms with Crippen molar-refractivity contribution in [2.75, 3.05) is 30.6 Å². The normalized spacial score (nSPS) is 11.2. The number of ether oxygens (including phenoxy) is 1. The first-order chi connectivity index (χ1) is 7.81. The van der Waals surface area contributed by atoms with E-state index in [1.807, 2.05) is 25.9 Å². The lowest BCUT2D eigenvalue weighted by molar-refractivity contribution is 0.312. The standard InChI is InChI=1S/C10H21N5OSi/c1-7-16-10-12-8(14-17(4,5)6)11-9(13-10)15(2)3/h7H2,1-6H3,(H,11,12,13,14). The third-order valence-corrected chi connectivity index (χ3v) is 2.74. The summed E-state index contributed by atoms with van der Waals surface area (Å²) < 4.78 is 5.34. The molecule has 96 valence electrons. The summed E-state index contributed by atoms with van der Waals surface area (Å²) in [6.45, 7) is 9.01. The molecule has 17 heavy (non-hydrogen) atoms. The molecule has 0 unspecified atom stereocenters. The molecule has 0 bridgehead atoms. The van der Waals surface area contributed by atoms with Crippen molar-refractivity contribution in [3.8, 4) is 6.01 Å². The highest BCUT2D eigenvalue weighted by atomic mass is 28.3. The minimum Gasteiger partial charge on any atom is -0.464 e. The highest BCUT2D eigenvalue weighted by molar-refractivity contribution is 6.79. The van der Waals surface area contributed by atoms with Crippen molar-refractivity contribution in [2.45, 2.75) is 26.6 Å². The van der Waals surface area contributed by atoms with Gasteiger partial charge in [0, 0.05) is 14.1 Å². The molecule has 0 radical (unpaired) electrons. The van der Waals surface area contributed by atoms with Gasteiger partial charge >= 0.3 is 6.01 Å². The Labute approximate surface area is 104 Å². The summed E-state index contributed by atoms with van der Waals surface area (Å²) in [7, 11) is 2.31. The average Bonchev–Trinajstić information content (AvgIpc) is 2.14. The van der Waals surface area contributed by atoms with Crippen LogP contribution in [0.3, 0.4) is 0 Å². The molecule has 0 amide bonds. The Balaban J connectivity index is 3.03. The van der Waals surface area contributed by atoms with E-state index < -0.39 is 8.24 Å². The maximum atomic E-state index is 5.34. The molecule has 0 aromatic carbocycles. The number of anilines is 2. The molecule has 1 aromatic heterocycles. The summed E-state index contributed by atoms with van der Waals surface area (Å²) in [6, 6.07) is 0.368. The van der Waals surface area contributed by atoms with Gasteiger partial charge in [-0.1, -0.05) is 19.6 Å². The third kappa shape index (κ3) is 4.56. The zero-order valence-corrected chi connectivity index (χ0v) is 12.4.